The van der Waals surface area contributed by atoms with E-state index in [-0.39, 0.29) is 30.7 Å². The van der Waals surface area contributed by atoms with Crippen LogP contribution in [0.2, 0.25) is 0 Å². The molecule has 0 unspecified atom stereocenters. The molecule has 0 aliphatic carbocycles. The van der Waals surface area contributed by atoms with Gasteiger partial charge in [-0.25, -0.2) is 4.98 Å². The highest BCUT2D eigenvalue weighted by Crippen LogP contribution is 2.15. The first-order valence-corrected chi connectivity index (χ1v) is 7.00. The van der Waals surface area contributed by atoms with Crippen molar-refractivity contribution in [2.45, 2.75) is 6.54 Å². The summed E-state index contributed by atoms with van der Waals surface area (Å²) in [7, 11) is 0. The number of anilines is 1. The third-order valence-corrected chi connectivity index (χ3v) is 3.64. The standard InChI is InChI=1S/C15H18N4O2.2ClH/c16-10-13-9-12(11-21-13)15(20)19-7-5-18(6-8-19)14-3-1-2-4-17-14;;/h1-4,9,11H,5-8,10,16H2;2*1H. The van der Waals surface area contributed by atoms with E-state index < -0.39 is 0 Å². The van der Waals surface area contributed by atoms with Crippen LogP contribution in [0.3, 0.4) is 0 Å². The Labute approximate surface area is 147 Å². The summed E-state index contributed by atoms with van der Waals surface area (Å²) in [6.45, 7) is 3.23. The van der Waals surface area contributed by atoms with Crippen LogP contribution >= 0.6 is 24.8 Å². The van der Waals surface area contributed by atoms with E-state index in [1.54, 1.807) is 12.3 Å². The van der Waals surface area contributed by atoms with Gasteiger partial charge >= 0.3 is 0 Å². The highest BCUT2D eigenvalue weighted by atomic mass is 35.5. The summed E-state index contributed by atoms with van der Waals surface area (Å²) < 4.78 is 5.22. The fourth-order valence-corrected chi connectivity index (χ4v) is 2.46. The molecule has 2 aromatic heterocycles. The average molecular weight is 359 g/mol. The second-order valence-electron chi connectivity index (χ2n) is 4.97. The molecule has 1 fully saturated rings. The zero-order valence-electron chi connectivity index (χ0n) is 12.6. The number of nitrogens with two attached hydrogens (primary N) is 1. The van der Waals surface area contributed by atoms with Gasteiger partial charge in [0, 0.05) is 32.4 Å². The third-order valence-electron chi connectivity index (χ3n) is 3.64. The maximum absolute atomic E-state index is 12.4. The second-order valence-corrected chi connectivity index (χ2v) is 4.97. The predicted molar refractivity (Wildman–Crippen MR) is 93.4 cm³/mol. The number of furan rings is 1. The largest absolute Gasteiger partial charge is 0.467 e. The topological polar surface area (TPSA) is 75.6 Å². The Morgan fingerprint density at radius 2 is 1.96 bits per heavy atom. The second kappa shape index (κ2) is 8.76. The van der Waals surface area contributed by atoms with Gasteiger partial charge < -0.3 is 20.0 Å². The zero-order chi connectivity index (χ0) is 14.7. The van der Waals surface area contributed by atoms with Gasteiger partial charge in [0.15, 0.2) is 0 Å². The maximum Gasteiger partial charge on any atom is 0.257 e. The van der Waals surface area contributed by atoms with Gasteiger partial charge in [-0.3, -0.25) is 4.79 Å². The highest BCUT2D eigenvalue weighted by Gasteiger charge is 2.23. The molecule has 0 spiro atoms. The number of carbonyl (C=O) groups is 1. The Kier molecular flexibility index (Phi) is 7.35. The number of aromatic nitrogens is 1. The molecule has 0 saturated carbocycles. The Balaban J connectivity index is 0.00000132. The van der Waals surface area contributed by atoms with Crippen LogP contribution in [0.15, 0.2) is 41.1 Å². The summed E-state index contributed by atoms with van der Waals surface area (Å²) >= 11 is 0. The van der Waals surface area contributed by atoms with Crippen LogP contribution in [0.25, 0.3) is 0 Å². The van der Waals surface area contributed by atoms with Crippen LogP contribution in [0.1, 0.15) is 16.1 Å². The van der Waals surface area contributed by atoms with Crippen molar-refractivity contribution in [2.24, 2.45) is 5.73 Å². The Morgan fingerprint density at radius 3 is 2.52 bits per heavy atom. The zero-order valence-corrected chi connectivity index (χ0v) is 14.2. The Bertz CT molecular complexity index is 613. The van der Waals surface area contributed by atoms with Gasteiger partial charge in [0.2, 0.25) is 0 Å². The van der Waals surface area contributed by atoms with Gasteiger partial charge in [-0.15, -0.1) is 24.8 Å². The van der Waals surface area contributed by atoms with E-state index in [0.29, 0.717) is 31.0 Å². The van der Waals surface area contributed by atoms with Crippen molar-refractivity contribution in [2.75, 3.05) is 31.1 Å². The molecule has 6 nitrogen and oxygen atoms in total. The summed E-state index contributed by atoms with van der Waals surface area (Å²) in [4.78, 5) is 20.7. The quantitative estimate of drug-likeness (QED) is 0.907. The molecule has 1 amide bonds. The van der Waals surface area contributed by atoms with Gasteiger partial charge in [-0.2, -0.15) is 0 Å². The highest BCUT2D eigenvalue weighted by molar-refractivity contribution is 5.94. The van der Waals surface area contributed by atoms with E-state index in [1.165, 1.54) is 6.26 Å². The molecule has 1 aliphatic heterocycles. The van der Waals surface area contributed by atoms with Crippen molar-refractivity contribution in [1.29, 1.82) is 0 Å². The molecule has 1 aliphatic rings. The van der Waals surface area contributed by atoms with Gasteiger partial charge in [-0.1, -0.05) is 6.07 Å². The summed E-state index contributed by atoms with van der Waals surface area (Å²) in [5.41, 5.74) is 6.06. The van der Waals surface area contributed by atoms with E-state index in [0.717, 1.165) is 18.9 Å². The van der Waals surface area contributed by atoms with Gasteiger partial charge in [-0.05, 0) is 18.2 Å². The number of hydrogen-bond donors (Lipinski definition) is 1. The summed E-state index contributed by atoms with van der Waals surface area (Å²) in [5, 5.41) is 0. The molecule has 0 atom stereocenters. The summed E-state index contributed by atoms with van der Waals surface area (Å²) in [6, 6.07) is 7.57. The van der Waals surface area contributed by atoms with E-state index in [9.17, 15) is 4.79 Å². The number of hydrogen-bond acceptors (Lipinski definition) is 5. The molecular formula is C15H20Cl2N4O2. The molecule has 0 radical (unpaired) electrons. The van der Waals surface area contributed by atoms with E-state index in [2.05, 4.69) is 9.88 Å². The fraction of sp³-hybridized carbons (Fsp3) is 0.333. The van der Waals surface area contributed by atoms with Crippen LogP contribution in [-0.2, 0) is 6.54 Å². The minimum absolute atomic E-state index is 0. The van der Waals surface area contributed by atoms with Crippen LogP contribution in [-0.4, -0.2) is 42.0 Å². The number of pyridine rings is 1. The smallest absolute Gasteiger partial charge is 0.257 e. The van der Waals surface area contributed by atoms with E-state index >= 15 is 0 Å². The minimum Gasteiger partial charge on any atom is -0.467 e. The first-order chi connectivity index (χ1) is 10.3. The van der Waals surface area contributed by atoms with Gasteiger partial charge in [0.1, 0.15) is 17.8 Å². The predicted octanol–water partition coefficient (Wildman–Crippen LogP) is 1.94. The summed E-state index contributed by atoms with van der Waals surface area (Å²) in [5.74, 6) is 1.59. The number of amides is 1. The van der Waals surface area contributed by atoms with Gasteiger partial charge in [0.25, 0.3) is 5.91 Å². The van der Waals surface area contributed by atoms with Crippen molar-refractivity contribution < 1.29 is 9.21 Å². The number of rotatable bonds is 3. The minimum atomic E-state index is -0.000814. The van der Waals surface area contributed by atoms with E-state index in [4.69, 9.17) is 10.2 Å². The van der Waals surface area contributed by atoms with E-state index in [1.807, 2.05) is 23.1 Å². The number of halogens is 2. The van der Waals surface area contributed by atoms with Crippen LogP contribution in [0.4, 0.5) is 5.82 Å². The van der Waals surface area contributed by atoms with Crippen molar-refractivity contribution in [1.82, 2.24) is 9.88 Å². The van der Waals surface area contributed by atoms with Crippen LogP contribution in [0, 0.1) is 0 Å². The molecule has 3 heterocycles. The lowest BCUT2D eigenvalue weighted by atomic mass is 10.2. The lowest BCUT2D eigenvalue weighted by molar-refractivity contribution is 0.0746. The Hall–Kier alpha value is -1.76. The van der Waals surface area contributed by atoms with Crippen LogP contribution in [0.5, 0.6) is 0 Å². The molecular weight excluding hydrogens is 339 g/mol. The molecule has 3 rings (SSSR count). The molecule has 0 bridgehead atoms. The first-order valence-electron chi connectivity index (χ1n) is 7.00. The first kappa shape index (κ1) is 19.3. The number of nitrogens with zero attached hydrogens (tertiary/aromatic N) is 3. The molecule has 126 valence electrons. The molecule has 1 saturated heterocycles. The molecule has 8 heteroatoms. The van der Waals surface area contributed by atoms with Crippen molar-refractivity contribution in [3.63, 3.8) is 0 Å². The van der Waals surface area contributed by atoms with Crippen molar-refractivity contribution in [3.05, 3.63) is 48.0 Å². The SMILES string of the molecule is Cl.Cl.NCc1cc(C(=O)N2CCN(c3ccccn3)CC2)co1. The van der Waals surface area contributed by atoms with Gasteiger partial charge in [0.05, 0.1) is 12.1 Å². The molecule has 2 N–H and O–H groups in total. The van der Waals surface area contributed by atoms with Crippen molar-refractivity contribution >= 4 is 36.5 Å². The van der Waals surface area contributed by atoms with Crippen LogP contribution < -0.4 is 10.6 Å². The molecule has 23 heavy (non-hydrogen) atoms. The Morgan fingerprint density at radius 1 is 1.22 bits per heavy atom. The average Bonchev–Trinajstić information content (AvgIpc) is 3.04. The molecule has 0 aromatic carbocycles. The fourth-order valence-electron chi connectivity index (χ4n) is 2.46. The normalized spacial score (nSPS) is 14.0. The lowest BCUT2D eigenvalue weighted by Crippen LogP contribution is -2.49. The maximum atomic E-state index is 12.4. The monoisotopic (exact) mass is 358 g/mol. The summed E-state index contributed by atoms with van der Waals surface area (Å²) in [6.07, 6.45) is 3.27. The van der Waals surface area contributed by atoms with Crippen molar-refractivity contribution in [3.8, 4) is 0 Å². The number of carbonyl (C=O) groups excluding carboxylic acids is 1. The third kappa shape index (κ3) is 4.37. The number of piperazine rings is 1. The lowest BCUT2D eigenvalue weighted by Gasteiger charge is -2.35. The molecule has 2 aromatic rings.